The molecule has 1 aliphatic rings. The zero-order chi connectivity index (χ0) is 18.2. The highest BCUT2D eigenvalue weighted by Gasteiger charge is 2.25. The Balaban J connectivity index is 1.34. The summed E-state index contributed by atoms with van der Waals surface area (Å²) in [6, 6.07) is 17.3. The first kappa shape index (κ1) is 18.5. The third kappa shape index (κ3) is 5.09. The molecule has 138 valence electrons. The quantitative estimate of drug-likeness (QED) is 0.530. The van der Waals surface area contributed by atoms with Crippen LogP contribution < -0.4 is 9.47 Å². The first-order valence-electron chi connectivity index (χ1n) is 9.35. The molecule has 0 N–H and O–H groups in total. The number of carbonyl (C=O) groups is 1. The third-order valence-corrected chi connectivity index (χ3v) is 4.96. The van der Waals surface area contributed by atoms with Gasteiger partial charge in [-0.05, 0) is 56.6 Å². The minimum atomic E-state index is 0.171. The molecule has 0 unspecified atom stereocenters. The third-order valence-electron chi connectivity index (χ3n) is 4.96. The van der Waals surface area contributed by atoms with Gasteiger partial charge in [-0.15, -0.1) is 0 Å². The Morgan fingerprint density at radius 2 is 1.65 bits per heavy atom. The molecule has 0 spiro atoms. The zero-order valence-electron chi connectivity index (χ0n) is 15.4. The van der Waals surface area contributed by atoms with Crippen molar-refractivity contribution in [3.63, 3.8) is 0 Å². The van der Waals surface area contributed by atoms with Crippen LogP contribution in [0.15, 0.2) is 54.6 Å². The van der Waals surface area contributed by atoms with Crippen LogP contribution in [0.3, 0.4) is 0 Å². The highest BCUT2D eigenvalue weighted by atomic mass is 16.5. The number of rotatable bonds is 8. The molecule has 0 atom stereocenters. The molecule has 1 saturated heterocycles. The van der Waals surface area contributed by atoms with Gasteiger partial charge in [0.05, 0.1) is 13.7 Å². The Morgan fingerprint density at radius 1 is 1.00 bits per heavy atom. The summed E-state index contributed by atoms with van der Waals surface area (Å²) >= 11 is 0. The average molecular weight is 353 g/mol. The summed E-state index contributed by atoms with van der Waals surface area (Å²) in [5.41, 5.74) is 0.846. The minimum absolute atomic E-state index is 0.171. The van der Waals surface area contributed by atoms with E-state index in [1.807, 2.05) is 54.6 Å². The van der Waals surface area contributed by atoms with E-state index < -0.39 is 0 Å². The summed E-state index contributed by atoms with van der Waals surface area (Å²) in [6.45, 7) is 3.70. The molecule has 2 aromatic carbocycles. The van der Waals surface area contributed by atoms with Crippen molar-refractivity contribution in [2.75, 3.05) is 33.4 Å². The van der Waals surface area contributed by atoms with Crippen LogP contribution >= 0.6 is 0 Å². The molecule has 0 amide bonds. The minimum Gasteiger partial charge on any atom is -0.497 e. The fraction of sp³-hybridized carbons (Fsp3) is 0.409. The van der Waals surface area contributed by atoms with Crippen molar-refractivity contribution in [2.45, 2.75) is 19.3 Å². The monoisotopic (exact) mass is 353 g/mol. The fourth-order valence-electron chi connectivity index (χ4n) is 3.41. The molecule has 2 aromatic rings. The maximum Gasteiger partial charge on any atom is 0.166 e. The molecular weight excluding hydrogens is 326 g/mol. The smallest absolute Gasteiger partial charge is 0.166 e. The number of hydrogen-bond acceptors (Lipinski definition) is 4. The van der Waals surface area contributed by atoms with Crippen molar-refractivity contribution in [1.29, 1.82) is 0 Å². The van der Waals surface area contributed by atoms with E-state index in [0.717, 1.165) is 56.0 Å². The Kier molecular flexibility index (Phi) is 6.67. The summed E-state index contributed by atoms with van der Waals surface area (Å²) in [5, 5.41) is 0. The van der Waals surface area contributed by atoms with Gasteiger partial charge in [0.25, 0.3) is 0 Å². The molecule has 0 aromatic heterocycles. The standard InChI is InChI=1S/C22H27NO3/c1-25-20-8-10-21(11-9-20)26-17-5-14-23-15-12-19(13-16-23)22(24)18-6-3-2-4-7-18/h2-4,6-11,19H,5,12-17H2,1H3. The summed E-state index contributed by atoms with van der Waals surface area (Å²) in [4.78, 5) is 15.0. The second kappa shape index (κ2) is 9.39. The summed E-state index contributed by atoms with van der Waals surface area (Å²) < 4.78 is 10.9. The number of ether oxygens (including phenoxy) is 2. The van der Waals surface area contributed by atoms with Gasteiger partial charge in [0.1, 0.15) is 11.5 Å². The molecule has 4 heteroatoms. The van der Waals surface area contributed by atoms with E-state index in [4.69, 9.17) is 9.47 Å². The van der Waals surface area contributed by atoms with Crippen molar-refractivity contribution in [3.05, 3.63) is 60.2 Å². The van der Waals surface area contributed by atoms with Crippen LogP contribution in [0.5, 0.6) is 11.5 Å². The first-order chi connectivity index (χ1) is 12.8. The topological polar surface area (TPSA) is 38.8 Å². The van der Waals surface area contributed by atoms with Gasteiger partial charge in [0.2, 0.25) is 0 Å². The van der Waals surface area contributed by atoms with Gasteiger partial charge in [-0.3, -0.25) is 4.79 Å². The molecule has 0 radical (unpaired) electrons. The number of nitrogens with zero attached hydrogens (tertiary/aromatic N) is 1. The lowest BCUT2D eigenvalue weighted by atomic mass is 9.89. The van der Waals surface area contributed by atoms with Crippen molar-refractivity contribution < 1.29 is 14.3 Å². The Morgan fingerprint density at radius 3 is 2.31 bits per heavy atom. The van der Waals surface area contributed by atoms with Gasteiger partial charge < -0.3 is 14.4 Å². The van der Waals surface area contributed by atoms with Gasteiger partial charge in [-0.1, -0.05) is 30.3 Å². The number of methoxy groups -OCH3 is 1. The number of Topliss-reactive ketones (excluding diaryl/α,β-unsaturated/α-hetero) is 1. The molecule has 0 aliphatic carbocycles. The normalized spacial score (nSPS) is 15.6. The average Bonchev–Trinajstić information content (AvgIpc) is 2.72. The van der Waals surface area contributed by atoms with E-state index in [1.54, 1.807) is 7.11 Å². The second-order valence-electron chi connectivity index (χ2n) is 6.72. The number of piperidine rings is 1. The molecular formula is C22H27NO3. The number of carbonyl (C=O) groups excluding carboxylic acids is 1. The van der Waals surface area contributed by atoms with Crippen molar-refractivity contribution in [3.8, 4) is 11.5 Å². The van der Waals surface area contributed by atoms with Gasteiger partial charge >= 0.3 is 0 Å². The van der Waals surface area contributed by atoms with Crippen molar-refractivity contribution in [1.82, 2.24) is 4.90 Å². The molecule has 0 bridgehead atoms. The fourth-order valence-corrected chi connectivity index (χ4v) is 3.41. The number of ketones is 1. The molecule has 1 heterocycles. The van der Waals surface area contributed by atoms with Crippen LogP contribution in [0.25, 0.3) is 0 Å². The lowest BCUT2D eigenvalue weighted by molar-refractivity contribution is 0.0835. The van der Waals surface area contributed by atoms with Gasteiger partial charge in [0, 0.05) is 18.0 Å². The van der Waals surface area contributed by atoms with E-state index in [1.165, 1.54) is 0 Å². The second-order valence-corrected chi connectivity index (χ2v) is 6.72. The van der Waals surface area contributed by atoms with Gasteiger partial charge in [-0.25, -0.2) is 0 Å². The summed E-state index contributed by atoms with van der Waals surface area (Å²) in [7, 11) is 1.66. The van der Waals surface area contributed by atoms with Crippen LogP contribution in [0.2, 0.25) is 0 Å². The number of hydrogen-bond donors (Lipinski definition) is 0. The number of likely N-dealkylation sites (tertiary alicyclic amines) is 1. The van der Waals surface area contributed by atoms with E-state index in [0.29, 0.717) is 12.4 Å². The lowest BCUT2D eigenvalue weighted by Crippen LogP contribution is -2.37. The van der Waals surface area contributed by atoms with Crippen molar-refractivity contribution in [2.24, 2.45) is 5.92 Å². The van der Waals surface area contributed by atoms with Crippen LogP contribution in [0.1, 0.15) is 29.6 Å². The van der Waals surface area contributed by atoms with Crippen molar-refractivity contribution >= 4 is 5.78 Å². The largest absolute Gasteiger partial charge is 0.497 e. The molecule has 3 rings (SSSR count). The van der Waals surface area contributed by atoms with Gasteiger partial charge in [0.15, 0.2) is 5.78 Å². The van der Waals surface area contributed by atoms with E-state index in [9.17, 15) is 4.79 Å². The zero-order valence-corrected chi connectivity index (χ0v) is 15.4. The SMILES string of the molecule is COc1ccc(OCCCN2CCC(C(=O)c3ccccc3)CC2)cc1. The molecule has 4 nitrogen and oxygen atoms in total. The Bertz CT molecular complexity index is 676. The molecule has 1 fully saturated rings. The van der Waals surface area contributed by atoms with E-state index in [2.05, 4.69) is 4.90 Å². The highest BCUT2D eigenvalue weighted by Crippen LogP contribution is 2.22. The first-order valence-corrected chi connectivity index (χ1v) is 9.35. The molecule has 26 heavy (non-hydrogen) atoms. The maximum atomic E-state index is 12.5. The van der Waals surface area contributed by atoms with Crippen LogP contribution in [-0.4, -0.2) is 44.0 Å². The summed E-state index contributed by atoms with van der Waals surface area (Å²) in [6.07, 6.45) is 2.89. The molecule has 0 saturated carbocycles. The van der Waals surface area contributed by atoms with E-state index in [-0.39, 0.29) is 5.92 Å². The Labute approximate surface area is 155 Å². The summed E-state index contributed by atoms with van der Waals surface area (Å²) in [5.74, 6) is 2.18. The number of benzene rings is 2. The lowest BCUT2D eigenvalue weighted by Gasteiger charge is -2.31. The van der Waals surface area contributed by atoms with Gasteiger partial charge in [-0.2, -0.15) is 0 Å². The predicted molar refractivity (Wildman–Crippen MR) is 103 cm³/mol. The van der Waals surface area contributed by atoms with Crippen LogP contribution in [0, 0.1) is 5.92 Å². The van der Waals surface area contributed by atoms with Crippen LogP contribution in [-0.2, 0) is 0 Å². The highest BCUT2D eigenvalue weighted by molar-refractivity contribution is 5.97. The maximum absolute atomic E-state index is 12.5. The van der Waals surface area contributed by atoms with E-state index >= 15 is 0 Å². The predicted octanol–water partition coefficient (Wildman–Crippen LogP) is 4.06. The van der Waals surface area contributed by atoms with Crippen LogP contribution in [0.4, 0.5) is 0 Å². The molecule has 1 aliphatic heterocycles. The Hall–Kier alpha value is -2.33.